The van der Waals surface area contributed by atoms with E-state index in [1.165, 1.54) is 44.9 Å². The van der Waals surface area contributed by atoms with Crippen molar-refractivity contribution in [3.63, 3.8) is 0 Å². The molecule has 0 spiro atoms. The van der Waals surface area contributed by atoms with Crippen LogP contribution in [0.1, 0.15) is 44.9 Å². The molecule has 0 aromatic rings. The summed E-state index contributed by atoms with van der Waals surface area (Å²) in [4.78, 5) is 0. The van der Waals surface area contributed by atoms with E-state index in [2.05, 4.69) is 5.32 Å². The van der Waals surface area contributed by atoms with Gasteiger partial charge in [-0.3, -0.25) is 0 Å². The molecule has 1 rings (SSSR count). The van der Waals surface area contributed by atoms with Crippen LogP contribution in [0.2, 0.25) is 0 Å². The van der Waals surface area contributed by atoms with Crippen LogP contribution in [0.3, 0.4) is 0 Å². The van der Waals surface area contributed by atoms with Gasteiger partial charge in [0.05, 0.1) is 0 Å². The Labute approximate surface area is 69.5 Å². The highest BCUT2D eigenvalue weighted by Crippen LogP contribution is 2.16. The highest BCUT2D eigenvalue weighted by Gasteiger charge is 2.08. The molecular weight excluding hydrogens is 136 g/mol. The Balaban J connectivity index is 2.15. The van der Waals surface area contributed by atoms with Crippen LogP contribution < -0.4 is 11.1 Å². The topological polar surface area (TPSA) is 38.0 Å². The standard InChI is InChI=1S/C9H20N2/c10-8-11-9-6-4-2-1-3-5-7-9/h9,11H,1-8,10H2. The molecule has 66 valence electrons. The molecule has 0 aromatic carbocycles. The van der Waals surface area contributed by atoms with E-state index in [0.717, 1.165) is 0 Å². The molecule has 0 heterocycles. The number of hydrogen-bond acceptors (Lipinski definition) is 2. The van der Waals surface area contributed by atoms with Crippen LogP contribution in [0.5, 0.6) is 0 Å². The van der Waals surface area contributed by atoms with E-state index >= 15 is 0 Å². The summed E-state index contributed by atoms with van der Waals surface area (Å²) >= 11 is 0. The average molecular weight is 156 g/mol. The summed E-state index contributed by atoms with van der Waals surface area (Å²) in [6.45, 7) is 0.644. The first-order chi connectivity index (χ1) is 5.43. The highest BCUT2D eigenvalue weighted by atomic mass is 15.0. The van der Waals surface area contributed by atoms with Gasteiger partial charge in [0.25, 0.3) is 0 Å². The van der Waals surface area contributed by atoms with Crippen LogP contribution in [-0.4, -0.2) is 12.7 Å². The maximum Gasteiger partial charge on any atom is 0.0430 e. The zero-order chi connectivity index (χ0) is 7.94. The number of hydrogen-bond donors (Lipinski definition) is 2. The fourth-order valence-electron chi connectivity index (χ4n) is 1.83. The van der Waals surface area contributed by atoms with Crippen molar-refractivity contribution in [1.29, 1.82) is 0 Å². The van der Waals surface area contributed by atoms with Crippen molar-refractivity contribution in [3.05, 3.63) is 0 Å². The minimum atomic E-state index is 0.644. The summed E-state index contributed by atoms with van der Waals surface area (Å²) in [6.07, 6.45) is 9.71. The minimum absolute atomic E-state index is 0.644. The van der Waals surface area contributed by atoms with Crippen LogP contribution in [0, 0.1) is 0 Å². The third-order valence-electron chi connectivity index (χ3n) is 2.51. The fraction of sp³-hybridized carbons (Fsp3) is 1.00. The summed E-state index contributed by atoms with van der Waals surface area (Å²) in [5, 5.41) is 3.33. The van der Waals surface area contributed by atoms with Crippen molar-refractivity contribution >= 4 is 0 Å². The second-order valence-corrected chi connectivity index (χ2v) is 3.45. The first kappa shape index (κ1) is 9.01. The molecular formula is C9H20N2. The normalized spacial score (nSPS) is 22.6. The van der Waals surface area contributed by atoms with Crippen LogP contribution in [0.4, 0.5) is 0 Å². The van der Waals surface area contributed by atoms with Crippen LogP contribution in [0.15, 0.2) is 0 Å². The summed E-state index contributed by atoms with van der Waals surface area (Å²) in [7, 11) is 0. The van der Waals surface area contributed by atoms with E-state index in [4.69, 9.17) is 5.73 Å². The molecule has 2 nitrogen and oxygen atoms in total. The Morgan fingerprint density at radius 3 is 2.09 bits per heavy atom. The van der Waals surface area contributed by atoms with E-state index in [1.54, 1.807) is 0 Å². The van der Waals surface area contributed by atoms with Gasteiger partial charge in [0.1, 0.15) is 0 Å². The molecule has 1 fully saturated rings. The van der Waals surface area contributed by atoms with Gasteiger partial charge in [0.2, 0.25) is 0 Å². The summed E-state index contributed by atoms with van der Waals surface area (Å²) < 4.78 is 0. The molecule has 1 aliphatic carbocycles. The zero-order valence-electron chi connectivity index (χ0n) is 7.31. The predicted molar refractivity (Wildman–Crippen MR) is 48.3 cm³/mol. The van der Waals surface area contributed by atoms with E-state index in [9.17, 15) is 0 Å². The Morgan fingerprint density at radius 1 is 1.00 bits per heavy atom. The number of nitrogens with one attached hydrogen (secondary N) is 1. The van der Waals surface area contributed by atoms with Crippen molar-refractivity contribution in [3.8, 4) is 0 Å². The summed E-state index contributed by atoms with van der Waals surface area (Å²) in [6, 6.07) is 0.709. The van der Waals surface area contributed by atoms with Gasteiger partial charge in [-0.05, 0) is 12.8 Å². The Hall–Kier alpha value is -0.0800. The molecule has 1 saturated carbocycles. The third-order valence-corrected chi connectivity index (χ3v) is 2.51. The zero-order valence-corrected chi connectivity index (χ0v) is 7.31. The van der Waals surface area contributed by atoms with Gasteiger partial charge in [-0.2, -0.15) is 0 Å². The van der Waals surface area contributed by atoms with E-state index in [1.807, 2.05) is 0 Å². The summed E-state index contributed by atoms with van der Waals surface area (Å²) in [5.74, 6) is 0. The SMILES string of the molecule is NCNC1CCCCCCC1. The van der Waals surface area contributed by atoms with Crippen molar-refractivity contribution in [2.45, 2.75) is 51.0 Å². The Kier molecular flexibility index (Phi) is 4.55. The Bertz CT molecular complexity index is 85.6. The molecule has 0 aliphatic heterocycles. The first-order valence-corrected chi connectivity index (χ1v) is 4.87. The maximum absolute atomic E-state index is 5.44. The lowest BCUT2D eigenvalue weighted by molar-refractivity contribution is 0.394. The van der Waals surface area contributed by atoms with Crippen molar-refractivity contribution in [2.24, 2.45) is 5.73 Å². The van der Waals surface area contributed by atoms with Crippen molar-refractivity contribution in [1.82, 2.24) is 5.32 Å². The molecule has 0 atom stereocenters. The largest absolute Gasteiger partial charge is 0.318 e. The average Bonchev–Trinajstić information content (AvgIpc) is 1.94. The second-order valence-electron chi connectivity index (χ2n) is 3.45. The smallest absolute Gasteiger partial charge is 0.0430 e. The molecule has 0 unspecified atom stereocenters. The molecule has 3 N–H and O–H groups in total. The Morgan fingerprint density at radius 2 is 1.55 bits per heavy atom. The first-order valence-electron chi connectivity index (χ1n) is 4.87. The van der Waals surface area contributed by atoms with Crippen LogP contribution in [-0.2, 0) is 0 Å². The fourth-order valence-corrected chi connectivity index (χ4v) is 1.83. The highest BCUT2D eigenvalue weighted by molar-refractivity contribution is 4.68. The van der Waals surface area contributed by atoms with Crippen LogP contribution >= 0.6 is 0 Å². The van der Waals surface area contributed by atoms with Gasteiger partial charge >= 0.3 is 0 Å². The maximum atomic E-state index is 5.44. The molecule has 1 aliphatic rings. The predicted octanol–water partition coefficient (Wildman–Crippen LogP) is 1.61. The third kappa shape index (κ3) is 3.73. The van der Waals surface area contributed by atoms with Crippen LogP contribution in [0.25, 0.3) is 0 Å². The minimum Gasteiger partial charge on any atom is -0.318 e. The molecule has 2 heteroatoms. The molecule has 0 amide bonds. The number of nitrogens with two attached hydrogens (primary N) is 1. The van der Waals surface area contributed by atoms with Gasteiger partial charge in [0.15, 0.2) is 0 Å². The quantitative estimate of drug-likeness (QED) is 0.596. The lowest BCUT2D eigenvalue weighted by Gasteiger charge is -2.19. The van der Waals surface area contributed by atoms with Gasteiger partial charge < -0.3 is 11.1 Å². The van der Waals surface area contributed by atoms with E-state index < -0.39 is 0 Å². The molecule has 0 radical (unpaired) electrons. The molecule has 11 heavy (non-hydrogen) atoms. The van der Waals surface area contributed by atoms with Gasteiger partial charge in [-0.1, -0.05) is 32.1 Å². The second kappa shape index (κ2) is 5.56. The van der Waals surface area contributed by atoms with Crippen molar-refractivity contribution < 1.29 is 0 Å². The van der Waals surface area contributed by atoms with Gasteiger partial charge in [-0.25, -0.2) is 0 Å². The number of rotatable bonds is 2. The van der Waals surface area contributed by atoms with Gasteiger partial charge in [0, 0.05) is 12.7 Å². The monoisotopic (exact) mass is 156 g/mol. The lowest BCUT2D eigenvalue weighted by atomic mass is 9.97. The van der Waals surface area contributed by atoms with Crippen molar-refractivity contribution in [2.75, 3.05) is 6.67 Å². The summed E-state index contributed by atoms with van der Waals surface area (Å²) in [5.41, 5.74) is 5.44. The molecule has 0 saturated heterocycles. The van der Waals surface area contributed by atoms with Gasteiger partial charge in [-0.15, -0.1) is 0 Å². The molecule has 0 aromatic heterocycles. The lowest BCUT2D eigenvalue weighted by Crippen LogP contribution is -2.34. The van der Waals surface area contributed by atoms with E-state index in [-0.39, 0.29) is 0 Å². The molecule has 0 bridgehead atoms. The van der Waals surface area contributed by atoms with E-state index in [0.29, 0.717) is 12.7 Å².